The summed E-state index contributed by atoms with van der Waals surface area (Å²) in [6, 6.07) is 6.12. The Bertz CT molecular complexity index is 971. The van der Waals surface area contributed by atoms with Crippen LogP contribution in [0.3, 0.4) is 0 Å². The van der Waals surface area contributed by atoms with Gasteiger partial charge in [-0.05, 0) is 24.0 Å². The number of fused-ring (bicyclic) bond motifs is 1. The molecule has 4 rings (SSSR count). The second kappa shape index (κ2) is 8.19. The fourth-order valence-corrected chi connectivity index (χ4v) is 3.65. The molecule has 0 N–H and O–H groups in total. The van der Waals surface area contributed by atoms with Crippen molar-refractivity contribution in [1.82, 2.24) is 25.0 Å². The third-order valence-electron chi connectivity index (χ3n) is 5.32. The molecule has 2 aromatic heterocycles. The SMILES string of the molecule is CC(C)c1cn(C[C@@H](C)c2ccc(C[C@H](C)c3ncccn3)c3c2OCO3)nn1. The van der Waals surface area contributed by atoms with Crippen LogP contribution in [0.5, 0.6) is 11.5 Å². The quantitative estimate of drug-likeness (QED) is 0.602. The third-order valence-corrected chi connectivity index (χ3v) is 5.32. The van der Waals surface area contributed by atoms with E-state index in [1.807, 2.05) is 16.9 Å². The van der Waals surface area contributed by atoms with Gasteiger partial charge in [-0.3, -0.25) is 4.68 Å². The van der Waals surface area contributed by atoms with Crippen molar-refractivity contribution in [2.45, 2.75) is 58.4 Å². The van der Waals surface area contributed by atoms with E-state index in [-0.39, 0.29) is 18.6 Å². The molecule has 152 valence electrons. The van der Waals surface area contributed by atoms with Crippen molar-refractivity contribution in [3.8, 4) is 11.5 Å². The van der Waals surface area contributed by atoms with Gasteiger partial charge in [0.05, 0.1) is 5.69 Å². The first-order chi connectivity index (χ1) is 14.0. The van der Waals surface area contributed by atoms with Crippen LogP contribution in [0.25, 0.3) is 0 Å². The predicted molar refractivity (Wildman–Crippen MR) is 109 cm³/mol. The van der Waals surface area contributed by atoms with E-state index >= 15 is 0 Å². The van der Waals surface area contributed by atoms with Crippen LogP contribution in [0.15, 0.2) is 36.8 Å². The van der Waals surface area contributed by atoms with Gasteiger partial charge in [0, 0.05) is 42.5 Å². The van der Waals surface area contributed by atoms with Gasteiger partial charge < -0.3 is 9.47 Å². The van der Waals surface area contributed by atoms with Gasteiger partial charge >= 0.3 is 0 Å². The van der Waals surface area contributed by atoms with Crippen molar-refractivity contribution in [2.24, 2.45) is 0 Å². The molecule has 0 radical (unpaired) electrons. The predicted octanol–water partition coefficient (Wildman–Crippen LogP) is 4.07. The summed E-state index contributed by atoms with van der Waals surface area (Å²) in [6.45, 7) is 9.54. The molecule has 29 heavy (non-hydrogen) atoms. The van der Waals surface area contributed by atoms with E-state index in [0.29, 0.717) is 5.92 Å². The van der Waals surface area contributed by atoms with Crippen LogP contribution in [0.4, 0.5) is 0 Å². The lowest BCUT2D eigenvalue weighted by Gasteiger charge is -2.17. The highest BCUT2D eigenvalue weighted by Crippen LogP contribution is 2.43. The molecule has 2 atom stereocenters. The number of benzene rings is 1. The van der Waals surface area contributed by atoms with Gasteiger partial charge in [0.15, 0.2) is 11.5 Å². The molecule has 0 amide bonds. The molecular weight excluding hydrogens is 366 g/mol. The summed E-state index contributed by atoms with van der Waals surface area (Å²) in [5.74, 6) is 3.31. The molecule has 3 heterocycles. The lowest BCUT2D eigenvalue weighted by atomic mass is 9.93. The minimum Gasteiger partial charge on any atom is -0.453 e. The monoisotopic (exact) mass is 393 g/mol. The normalized spacial score (nSPS) is 14.9. The fourth-order valence-electron chi connectivity index (χ4n) is 3.65. The van der Waals surface area contributed by atoms with Crippen molar-refractivity contribution >= 4 is 0 Å². The number of ether oxygens (including phenoxy) is 2. The Morgan fingerprint density at radius 2 is 1.76 bits per heavy atom. The average Bonchev–Trinajstić information content (AvgIpc) is 3.38. The summed E-state index contributed by atoms with van der Waals surface area (Å²) in [5, 5.41) is 8.52. The average molecular weight is 393 g/mol. The Morgan fingerprint density at radius 3 is 2.48 bits per heavy atom. The first-order valence-corrected chi connectivity index (χ1v) is 10.1. The zero-order valence-corrected chi connectivity index (χ0v) is 17.4. The largest absolute Gasteiger partial charge is 0.453 e. The van der Waals surface area contributed by atoms with Crippen LogP contribution in [0, 0.1) is 0 Å². The molecule has 7 heteroatoms. The fraction of sp³-hybridized carbons (Fsp3) is 0.455. The van der Waals surface area contributed by atoms with Crippen LogP contribution >= 0.6 is 0 Å². The van der Waals surface area contributed by atoms with Gasteiger partial charge in [-0.2, -0.15) is 0 Å². The maximum Gasteiger partial charge on any atom is 0.231 e. The van der Waals surface area contributed by atoms with Crippen LogP contribution in [0.2, 0.25) is 0 Å². The van der Waals surface area contributed by atoms with E-state index in [4.69, 9.17) is 9.47 Å². The van der Waals surface area contributed by atoms with Crippen LogP contribution in [-0.2, 0) is 13.0 Å². The molecule has 1 aromatic carbocycles. The highest BCUT2D eigenvalue weighted by atomic mass is 16.7. The van der Waals surface area contributed by atoms with E-state index in [2.05, 4.69) is 60.1 Å². The van der Waals surface area contributed by atoms with Crippen molar-refractivity contribution < 1.29 is 9.47 Å². The van der Waals surface area contributed by atoms with E-state index < -0.39 is 0 Å². The number of rotatable bonds is 7. The smallest absolute Gasteiger partial charge is 0.231 e. The zero-order valence-electron chi connectivity index (χ0n) is 17.4. The van der Waals surface area contributed by atoms with Crippen molar-refractivity contribution in [2.75, 3.05) is 6.79 Å². The molecule has 0 saturated carbocycles. The van der Waals surface area contributed by atoms with E-state index in [1.165, 1.54) is 0 Å². The summed E-state index contributed by atoms with van der Waals surface area (Å²) in [5.41, 5.74) is 3.26. The van der Waals surface area contributed by atoms with Crippen molar-refractivity contribution in [3.05, 3.63) is 59.4 Å². The molecule has 0 spiro atoms. The molecule has 3 aromatic rings. The minimum atomic E-state index is 0.192. The van der Waals surface area contributed by atoms with Crippen molar-refractivity contribution in [3.63, 3.8) is 0 Å². The van der Waals surface area contributed by atoms with Crippen LogP contribution in [0.1, 0.15) is 68.1 Å². The molecule has 1 aliphatic rings. The number of aromatic nitrogens is 5. The number of hydrogen-bond donors (Lipinski definition) is 0. The van der Waals surface area contributed by atoms with E-state index in [1.54, 1.807) is 12.4 Å². The van der Waals surface area contributed by atoms with Crippen molar-refractivity contribution in [1.29, 1.82) is 0 Å². The second-order valence-corrected chi connectivity index (χ2v) is 8.01. The summed E-state index contributed by atoms with van der Waals surface area (Å²) < 4.78 is 13.6. The Hall–Kier alpha value is -2.96. The maximum absolute atomic E-state index is 5.86. The van der Waals surface area contributed by atoms with E-state index in [9.17, 15) is 0 Å². The summed E-state index contributed by atoms with van der Waals surface area (Å²) in [7, 11) is 0. The highest BCUT2D eigenvalue weighted by molar-refractivity contribution is 5.55. The first kappa shape index (κ1) is 19.4. The molecule has 0 aliphatic carbocycles. The Balaban J connectivity index is 1.54. The molecular formula is C22H27N5O2. The molecule has 7 nitrogen and oxygen atoms in total. The topological polar surface area (TPSA) is 75.0 Å². The van der Waals surface area contributed by atoms with E-state index in [0.717, 1.165) is 47.1 Å². The van der Waals surface area contributed by atoms with Gasteiger partial charge in [-0.15, -0.1) is 5.10 Å². The molecule has 0 bridgehead atoms. The third kappa shape index (κ3) is 4.09. The zero-order chi connectivity index (χ0) is 20.4. The Morgan fingerprint density at radius 1 is 1.00 bits per heavy atom. The Kier molecular flexibility index (Phi) is 5.47. The summed E-state index contributed by atoms with van der Waals surface area (Å²) >= 11 is 0. The van der Waals surface area contributed by atoms with Gasteiger partial charge in [0.2, 0.25) is 6.79 Å². The lowest BCUT2D eigenvalue weighted by Crippen LogP contribution is -2.08. The Labute approximate surface area is 171 Å². The van der Waals surface area contributed by atoms with Gasteiger partial charge in [-0.25, -0.2) is 9.97 Å². The molecule has 0 fully saturated rings. The summed E-state index contributed by atoms with van der Waals surface area (Å²) in [6.07, 6.45) is 6.38. The highest BCUT2D eigenvalue weighted by Gasteiger charge is 2.26. The molecule has 0 unspecified atom stereocenters. The first-order valence-electron chi connectivity index (χ1n) is 10.1. The minimum absolute atomic E-state index is 0.192. The number of hydrogen-bond acceptors (Lipinski definition) is 6. The number of nitrogens with zero attached hydrogens (tertiary/aromatic N) is 5. The van der Waals surface area contributed by atoms with Gasteiger partial charge in [0.1, 0.15) is 5.82 Å². The van der Waals surface area contributed by atoms with Gasteiger partial charge in [-0.1, -0.05) is 45.0 Å². The standard InChI is InChI=1S/C22H27N5O2/c1-14(2)19-12-27(26-25-19)11-16(4)18-7-6-17(20-21(18)29-13-28-20)10-15(3)22-23-8-5-9-24-22/h5-9,12,14-16H,10-11,13H2,1-4H3/t15-,16+/m0/s1. The molecule has 1 aliphatic heterocycles. The van der Waals surface area contributed by atoms with Crippen LogP contribution < -0.4 is 9.47 Å². The second-order valence-electron chi connectivity index (χ2n) is 8.01. The maximum atomic E-state index is 5.86. The lowest BCUT2D eigenvalue weighted by molar-refractivity contribution is 0.172. The molecule has 0 saturated heterocycles. The summed E-state index contributed by atoms with van der Waals surface area (Å²) in [4.78, 5) is 8.75. The van der Waals surface area contributed by atoms with Crippen LogP contribution in [-0.4, -0.2) is 31.8 Å². The van der Waals surface area contributed by atoms with Gasteiger partial charge in [0.25, 0.3) is 0 Å².